The van der Waals surface area contributed by atoms with Crippen LogP contribution in [0.1, 0.15) is 11.3 Å². The van der Waals surface area contributed by atoms with Gasteiger partial charge in [-0.15, -0.1) is 11.6 Å². The van der Waals surface area contributed by atoms with Gasteiger partial charge < -0.3 is 4.90 Å². The summed E-state index contributed by atoms with van der Waals surface area (Å²) in [5.41, 5.74) is 2.78. The van der Waals surface area contributed by atoms with Gasteiger partial charge in [0, 0.05) is 49.3 Å². The van der Waals surface area contributed by atoms with E-state index >= 15 is 0 Å². The van der Waals surface area contributed by atoms with E-state index in [2.05, 4.69) is 9.88 Å². The maximum Gasteiger partial charge on any atom is 0.401 e. The monoisotopic (exact) mass is 307 g/mol. The summed E-state index contributed by atoms with van der Waals surface area (Å²) in [6, 6.07) is 1.94. The van der Waals surface area contributed by atoms with E-state index in [9.17, 15) is 13.2 Å². The van der Waals surface area contributed by atoms with Crippen LogP contribution < -0.4 is 4.90 Å². The molecule has 0 atom stereocenters. The fourth-order valence-electron chi connectivity index (χ4n) is 2.37. The Bertz CT molecular complexity index is 457. The van der Waals surface area contributed by atoms with Crippen LogP contribution in [0.15, 0.2) is 12.3 Å². The first kappa shape index (κ1) is 15.4. The fraction of sp³-hybridized carbons (Fsp3) is 0.615. The number of hydrogen-bond acceptors (Lipinski definition) is 3. The molecule has 1 aromatic heterocycles. The summed E-state index contributed by atoms with van der Waals surface area (Å²) < 4.78 is 37.1. The van der Waals surface area contributed by atoms with Crippen molar-refractivity contribution in [2.24, 2.45) is 0 Å². The quantitative estimate of drug-likeness (QED) is 0.801. The van der Waals surface area contributed by atoms with E-state index < -0.39 is 12.7 Å². The van der Waals surface area contributed by atoms with Crippen LogP contribution in [0, 0.1) is 6.92 Å². The molecule has 1 aromatic rings. The fourth-order valence-corrected chi connectivity index (χ4v) is 2.58. The average molecular weight is 308 g/mol. The Hall–Kier alpha value is -1.01. The largest absolute Gasteiger partial charge is 0.401 e. The summed E-state index contributed by atoms with van der Waals surface area (Å²) in [7, 11) is 0. The number of aryl methyl sites for hydroxylation is 1. The lowest BCUT2D eigenvalue weighted by Gasteiger charge is -2.37. The maximum atomic E-state index is 12.4. The number of alkyl halides is 4. The van der Waals surface area contributed by atoms with Gasteiger partial charge >= 0.3 is 6.18 Å². The Morgan fingerprint density at radius 2 is 1.90 bits per heavy atom. The third-order valence-electron chi connectivity index (χ3n) is 3.36. The van der Waals surface area contributed by atoms with Crippen molar-refractivity contribution >= 4 is 17.3 Å². The van der Waals surface area contributed by atoms with Gasteiger partial charge in [-0.3, -0.25) is 9.88 Å². The minimum atomic E-state index is -4.13. The first-order valence-electron chi connectivity index (χ1n) is 6.44. The summed E-state index contributed by atoms with van der Waals surface area (Å²) in [6.45, 7) is 3.01. The second kappa shape index (κ2) is 6.18. The molecule has 0 unspecified atom stereocenters. The highest BCUT2D eigenvalue weighted by molar-refractivity contribution is 6.17. The minimum absolute atomic E-state index is 0.353. The third kappa shape index (κ3) is 3.99. The second-order valence-electron chi connectivity index (χ2n) is 4.97. The molecule has 1 saturated heterocycles. The summed E-state index contributed by atoms with van der Waals surface area (Å²) in [5, 5.41) is 0. The van der Waals surface area contributed by atoms with E-state index in [1.54, 1.807) is 6.20 Å². The summed E-state index contributed by atoms with van der Waals surface area (Å²) in [4.78, 5) is 7.72. The zero-order chi connectivity index (χ0) is 14.8. The van der Waals surface area contributed by atoms with Crippen LogP contribution in [0.2, 0.25) is 0 Å². The highest BCUT2D eigenvalue weighted by Gasteiger charge is 2.32. The normalized spacial score (nSPS) is 17.6. The molecule has 2 rings (SSSR count). The van der Waals surface area contributed by atoms with E-state index in [4.69, 9.17) is 11.6 Å². The van der Waals surface area contributed by atoms with Crippen LogP contribution in [0.4, 0.5) is 18.9 Å². The SMILES string of the molecule is Cc1cc(N2CCN(CC(F)(F)F)CC2)c(CCl)cn1. The van der Waals surface area contributed by atoms with Crippen molar-refractivity contribution in [2.45, 2.75) is 19.0 Å². The van der Waals surface area contributed by atoms with Crippen LogP contribution in [0.5, 0.6) is 0 Å². The zero-order valence-corrected chi connectivity index (χ0v) is 12.0. The van der Waals surface area contributed by atoms with Gasteiger partial charge in [0.05, 0.1) is 12.4 Å². The Labute approximate surface area is 121 Å². The van der Waals surface area contributed by atoms with Gasteiger partial charge in [-0.25, -0.2) is 0 Å². The Morgan fingerprint density at radius 1 is 1.25 bits per heavy atom. The Kier molecular flexibility index (Phi) is 4.75. The number of hydrogen-bond donors (Lipinski definition) is 0. The van der Waals surface area contributed by atoms with Crippen molar-refractivity contribution in [1.29, 1.82) is 0 Å². The van der Waals surface area contributed by atoms with Crippen molar-refractivity contribution < 1.29 is 13.2 Å². The number of halogens is 4. The van der Waals surface area contributed by atoms with Gasteiger partial charge in [0.1, 0.15) is 0 Å². The van der Waals surface area contributed by atoms with E-state index in [0.717, 1.165) is 16.9 Å². The Morgan fingerprint density at radius 3 is 2.45 bits per heavy atom. The van der Waals surface area contributed by atoms with Crippen LogP contribution in [0.3, 0.4) is 0 Å². The molecule has 0 aliphatic carbocycles. The molecule has 3 nitrogen and oxygen atoms in total. The summed E-state index contributed by atoms with van der Waals surface area (Å²) in [5.74, 6) is 0.353. The Balaban J connectivity index is 2.02. The lowest BCUT2D eigenvalue weighted by Crippen LogP contribution is -2.49. The lowest BCUT2D eigenvalue weighted by atomic mass is 10.2. The van der Waals surface area contributed by atoms with Crippen molar-refractivity contribution in [3.05, 3.63) is 23.5 Å². The molecule has 2 heterocycles. The standard InChI is InChI=1S/C13H17ClF3N3/c1-10-6-12(11(7-14)8-18-10)20-4-2-19(3-5-20)9-13(15,16)17/h6,8H,2-5,7,9H2,1H3. The lowest BCUT2D eigenvalue weighted by molar-refractivity contribution is -0.146. The number of rotatable bonds is 3. The summed E-state index contributed by atoms with van der Waals surface area (Å²) >= 11 is 5.89. The molecule has 0 radical (unpaired) electrons. The van der Waals surface area contributed by atoms with Gasteiger partial charge in [-0.2, -0.15) is 13.2 Å². The van der Waals surface area contributed by atoms with Crippen molar-refractivity contribution in [3.63, 3.8) is 0 Å². The van der Waals surface area contributed by atoms with Gasteiger partial charge in [-0.1, -0.05) is 0 Å². The van der Waals surface area contributed by atoms with Crippen molar-refractivity contribution in [1.82, 2.24) is 9.88 Å². The van der Waals surface area contributed by atoms with E-state index in [-0.39, 0.29) is 0 Å². The minimum Gasteiger partial charge on any atom is -0.369 e. The molecule has 0 saturated carbocycles. The van der Waals surface area contributed by atoms with Crippen LogP contribution in [-0.4, -0.2) is 48.8 Å². The molecule has 112 valence electrons. The van der Waals surface area contributed by atoms with E-state index in [1.165, 1.54) is 4.90 Å². The molecule has 1 aliphatic rings. The van der Waals surface area contributed by atoms with Gasteiger partial charge in [0.15, 0.2) is 0 Å². The molecule has 0 bridgehead atoms. The van der Waals surface area contributed by atoms with Crippen molar-refractivity contribution in [3.8, 4) is 0 Å². The second-order valence-corrected chi connectivity index (χ2v) is 5.23. The van der Waals surface area contributed by atoms with Gasteiger partial charge in [-0.05, 0) is 13.0 Å². The number of aromatic nitrogens is 1. The average Bonchev–Trinajstić information content (AvgIpc) is 2.38. The molecule has 1 fully saturated rings. The maximum absolute atomic E-state index is 12.4. The number of piperazine rings is 1. The molecule has 0 aromatic carbocycles. The highest BCUT2D eigenvalue weighted by Crippen LogP contribution is 2.25. The molecule has 0 N–H and O–H groups in total. The smallest absolute Gasteiger partial charge is 0.369 e. The molecule has 1 aliphatic heterocycles. The number of pyridine rings is 1. The number of nitrogens with zero attached hydrogens (tertiary/aromatic N) is 3. The first-order chi connectivity index (χ1) is 9.39. The molecule has 20 heavy (non-hydrogen) atoms. The summed E-state index contributed by atoms with van der Waals surface area (Å²) in [6.07, 6.45) is -2.39. The molecule has 7 heteroatoms. The van der Waals surface area contributed by atoms with E-state index in [0.29, 0.717) is 32.1 Å². The highest BCUT2D eigenvalue weighted by atomic mass is 35.5. The van der Waals surface area contributed by atoms with Gasteiger partial charge in [0.2, 0.25) is 0 Å². The van der Waals surface area contributed by atoms with Gasteiger partial charge in [0.25, 0.3) is 0 Å². The van der Waals surface area contributed by atoms with Crippen LogP contribution in [0.25, 0.3) is 0 Å². The topological polar surface area (TPSA) is 19.4 Å². The van der Waals surface area contributed by atoms with Crippen molar-refractivity contribution in [2.75, 3.05) is 37.6 Å². The molecular formula is C13H17ClF3N3. The van der Waals surface area contributed by atoms with Crippen LogP contribution in [-0.2, 0) is 5.88 Å². The molecule has 0 amide bonds. The molecular weight excluding hydrogens is 291 g/mol. The molecule has 0 spiro atoms. The van der Waals surface area contributed by atoms with Crippen LogP contribution >= 0.6 is 11.6 Å². The first-order valence-corrected chi connectivity index (χ1v) is 6.98. The predicted octanol–water partition coefficient (Wildman–Crippen LogP) is 2.81. The van der Waals surface area contributed by atoms with E-state index in [1.807, 2.05) is 13.0 Å². The third-order valence-corrected chi connectivity index (χ3v) is 3.65. The zero-order valence-electron chi connectivity index (χ0n) is 11.3. The number of anilines is 1. The predicted molar refractivity (Wildman–Crippen MR) is 73.2 cm³/mol.